The molecule has 0 saturated carbocycles. The Kier molecular flexibility index (Phi) is 8.49. The topological polar surface area (TPSA) is 48.0 Å². The summed E-state index contributed by atoms with van der Waals surface area (Å²) in [6.07, 6.45) is -4.39. The number of carbonyl (C=O) groups excluding carboxylic acids is 1. The Morgan fingerprint density at radius 3 is 2.50 bits per heavy atom. The van der Waals surface area contributed by atoms with Crippen molar-refractivity contribution in [2.45, 2.75) is 51.7 Å². The van der Waals surface area contributed by atoms with Crippen LogP contribution in [-0.4, -0.2) is 42.7 Å². The van der Waals surface area contributed by atoms with Crippen LogP contribution in [0.15, 0.2) is 42.5 Å². The van der Waals surface area contributed by atoms with Crippen molar-refractivity contribution in [3.63, 3.8) is 0 Å². The molecule has 34 heavy (non-hydrogen) atoms. The molecule has 3 rings (SSSR count). The van der Waals surface area contributed by atoms with Gasteiger partial charge in [-0.2, -0.15) is 13.2 Å². The molecule has 0 bridgehead atoms. The monoisotopic (exact) mass is 499 g/mol. The van der Waals surface area contributed by atoms with Crippen molar-refractivity contribution in [1.82, 2.24) is 4.90 Å². The van der Waals surface area contributed by atoms with Gasteiger partial charge in [-0.1, -0.05) is 29.8 Å². The molecule has 186 valence electrons. The molecule has 0 aromatic heterocycles. The van der Waals surface area contributed by atoms with E-state index < -0.39 is 17.3 Å². The van der Waals surface area contributed by atoms with Gasteiger partial charge >= 0.3 is 12.1 Å². The molecule has 0 amide bonds. The Bertz CT molecular complexity index is 974. The normalized spacial score (nSPS) is 17.4. The maximum Gasteiger partial charge on any atom is 0.416 e. The van der Waals surface area contributed by atoms with Gasteiger partial charge in [-0.05, 0) is 50.6 Å². The van der Waals surface area contributed by atoms with Gasteiger partial charge in [-0.15, -0.1) is 0 Å². The van der Waals surface area contributed by atoms with E-state index >= 15 is 0 Å². The van der Waals surface area contributed by atoms with Gasteiger partial charge in [0, 0.05) is 30.2 Å². The molecule has 2 aromatic rings. The SMILES string of the molecule is CC(C)(C)OC(=O)CCN1CCOC(c2ccc(OCc3c(Cl)cccc3C(F)(F)F)cc2)C1. The number of benzene rings is 2. The van der Waals surface area contributed by atoms with Gasteiger partial charge in [0.15, 0.2) is 0 Å². The summed E-state index contributed by atoms with van der Waals surface area (Å²) in [5, 5.41) is 0.00789. The third kappa shape index (κ3) is 7.61. The maximum absolute atomic E-state index is 13.3. The third-order valence-corrected chi connectivity index (χ3v) is 5.62. The van der Waals surface area contributed by atoms with E-state index in [1.807, 2.05) is 32.9 Å². The predicted octanol–water partition coefficient (Wildman–Crippen LogP) is 6.04. The van der Waals surface area contributed by atoms with E-state index in [1.54, 1.807) is 12.1 Å². The van der Waals surface area contributed by atoms with E-state index in [-0.39, 0.29) is 29.3 Å². The highest BCUT2D eigenvalue weighted by molar-refractivity contribution is 6.31. The average molecular weight is 500 g/mol. The summed E-state index contributed by atoms with van der Waals surface area (Å²) in [7, 11) is 0. The van der Waals surface area contributed by atoms with Crippen molar-refractivity contribution < 1.29 is 32.2 Å². The minimum atomic E-state index is -4.51. The van der Waals surface area contributed by atoms with Gasteiger partial charge in [0.2, 0.25) is 0 Å². The first-order valence-corrected chi connectivity index (χ1v) is 11.4. The lowest BCUT2D eigenvalue weighted by Gasteiger charge is -2.33. The number of hydrogen-bond donors (Lipinski definition) is 0. The van der Waals surface area contributed by atoms with E-state index in [1.165, 1.54) is 12.1 Å². The van der Waals surface area contributed by atoms with Gasteiger partial charge in [0.25, 0.3) is 0 Å². The zero-order chi connectivity index (χ0) is 24.9. The van der Waals surface area contributed by atoms with E-state index in [0.717, 1.165) is 18.2 Å². The van der Waals surface area contributed by atoms with Crippen LogP contribution in [0.4, 0.5) is 13.2 Å². The second-order valence-corrected chi connectivity index (χ2v) is 9.53. The number of rotatable bonds is 7. The number of morpholine rings is 1. The van der Waals surface area contributed by atoms with Crippen molar-refractivity contribution >= 4 is 17.6 Å². The highest BCUT2D eigenvalue weighted by Crippen LogP contribution is 2.35. The van der Waals surface area contributed by atoms with Crippen molar-refractivity contribution in [3.05, 3.63) is 64.2 Å². The first-order valence-electron chi connectivity index (χ1n) is 11.1. The lowest BCUT2D eigenvalue weighted by Crippen LogP contribution is -2.39. The van der Waals surface area contributed by atoms with E-state index in [0.29, 0.717) is 31.9 Å². The fourth-order valence-corrected chi connectivity index (χ4v) is 3.88. The zero-order valence-electron chi connectivity index (χ0n) is 19.5. The highest BCUT2D eigenvalue weighted by Gasteiger charge is 2.34. The minimum absolute atomic E-state index is 0.00789. The lowest BCUT2D eigenvalue weighted by molar-refractivity contribution is -0.155. The van der Waals surface area contributed by atoms with Crippen molar-refractivity contribution in [1.29, 1.82) is 0 Å². The summed E-state index contributed by atoms with van der Waals surface area (Å²) >= 11 is 5.99. The standard InChI is InChI=1S/C25H29ClF3NO4/c1-24(2,3)34-23(31)11-12-30-13-14-32-22(15-30)17-7-9-18(10-8-17)33-16-19-20(25(27,28)29)5-4-6-21(19)26/h4-10,22H,11-16H2,1-3H3. The van der Waals surface area contributed by atoms with Gasteiger partial charge in [-0.25, -0.2) is 0 Å². The number of halogens is 4. The molecule has 1 unspecified atom stereocenters. The predicted molar refractivity (Wildman–Crippen MR) is 123 cm³/mol. The number of carbonyl (C=O) groups is 1. The average Bonchev–Trinajstić information content (AvgIpc) is 2.75. The van der Waals surface area contributed by atoms with E-state index in [2.05, 4.69) is 4.90 Å². The molecular formula is C25H29ClF3NO4. The van der Waals surface area contributed by atoms with E-state index in [4.69, 9.17) is 25.8 Å². The summed E-state index contributed by atoms with van der Waals surface area (Å²) in [4.78, 5) is 14.1. The summed E-state index contributed by atoms with van der Waals surface area (Å²) in [5.41, 5.74) is -0.493. The van der Waals surface area contributed by atoms with Gasteiger partial charge in [0.05, 0.1) is 24.7 Å². The Morgan fingerprint density at radius 1 is 1.15 bits per heavy atom. The second kappa shape index (κ2) is 11.0. The highest BCUT2D eigenvalue weighted by atomic mass is 35.5. The summed E-state index contributed by atoms with van der Waals surface area (Å²) in [5.74, 6) is 0.193. The molecule has 0 aliphatic carbocycles. The Balaban J connectivity index is 1.56. The van der Waals surface area contributed by atoms with Gasteiger partial charge in [-0.3, -0.25) is 9.69 Å². The molecule has 1 heterocycles. The smallest absolute Gasteiger partial charge is 0.416 e. The molecule has 1 saturated heterocycles. The fourth-order valence-electron chi connectivity index (χ4n) is 3.65. The molecule has 0 N–H and O–H groups in total. The van der Waals surface area contributed by atoms with Crippen molar-refractivity contribution in [3.8, 4) is 5.75 Å². The number of hydrogen-bond acceptors (Lipinski definition) is 5. The first-order chi connectivity index (χ1) is 15.9. The lowest BCUT2D eigenvalue weighted by atomic mass is 10.1. The number of esters is 1. The second-order valence-electron chi connectivity index (χ2n) is 9.12. The van der Waals surface area contributed by atoms with Crippen LogP contribution in [0.3, 0.4) is 0 Å². The molecule has 1 atom stereocenters. The summed E-state index contributed by atoms with van der Waals surface area (Å²) < 4.78 is 56.6. The van der Waals surface area contributed by atoms with Crippen LogP contribution in [-0.2, 0) is 27.1 Å². The Labute approximate surface area is 202 Å². The van der Waals surface area contributed by atoms with Crippen LogP contribution in [0.1, 0.15) is 50.0 Å². The van der Waals surface area contributed by atoms with Crippen molar-refractivity contribution in [2.75, 3.05) is 26.2 Å². The molecule has 1 aliphatic heterocycles. The largest absolute Gasteiger partial charge is 0.489 e. The Morgan fingerprint density at radius 2 is 1.85 bits per heavy atom. The van der Waals surface area contributed by atoms with Crippen LogP contribution >= 0.6 is 11.6 Å². The van der Waals surface area contributed by atoms with Crippen LogP contribution in [0, 0.1) is 0 Å². The number of nitrogens with zero attached hydrogens (tertiary/aromatic N) is 1. The maximum atomic E-state index is 13.3. The van der Waals surface area contributed by atoms with Crippen LogP contribution in [0.25, 0.3) is 0 Å². The fraction of sp³-hybridized carbons (Fsp3) is 0.480. The molecule has 0 radical (unpaired) electrons. The van der Waals surface area contributed by atoms with Crippen LogP contribution in [0.2, 0.25) is 5.02 Å². The number of ether oxygens (including phenoxy) is 3. The van der Waals surface area contributed by atoms with Gasteiger partial charge < -0.3 is 14.2 Å². The molecule has 1 fully saturated rings. The molecule has 9 heteroatoms. The van der Waals surface area contributed by atoms with Crippen molar-refractivity contribution in [2.24, 2.45) is 0 Å². The minimum Gasteiger partial charge on any atom is -0.489 e. The Hall–Kier alpha value is -2.29. The number of alkyl halides is 3. The molecule has 5 nitrogen and oxygen atoms in total. The molecule has 1 aliphatic rings. The quantitative estimate of drug-likeness (QED) is 0.434. The van der Waals surface area contributed by atoms with Gasteiger partial charge in [0.1, 0.15) is 18.0 Å². The van der Waals surface area contributed by atoms with Crippen LogP contribution < -0.4 is 4.74 Å². The zero-order valence-corrected chi connectivity index (χ0v) is 20.2. The summed E-state index contributed by atoms with van der Waals surface area (Å²) in [6.45, 7) is 7.68. The summed E-state index contributed by atoms with van der Waals surface area (Å²) in [6, 6.07) is 10.7. The molecule has 0 spiro atoms. The third-order valence-electron chi connectivity index (χ3n) is 5.26. The molecule has 2 aromatic carbocycles. The molecular weight excluding hydrogens is 471 g/mol. The van der Waals surface area contributed by atoms with E-state index in [9.17, 15) is 18.0 Å². The van der Waals surface area contributed by atoms with Crippen LogP contribution in [0.5, 0.6) is 5.75 Å². The first kappa shape index (κ1) is 26.3.